The van der Waals surface area contributed by atoms with Crippen LogP contribution in [-0.2, 0) is 11.2 Å². The molecule has 1 aromatic carbocycles. The van der Waals surface area contributed by atoms with Gasteiger partial charge in [-0.05, 0) is 25.0 Å². The van der Waals surface area contributed by atoms with E-state index in [1.165, 1.54) is 18.6 Å². The lowest BCUT2D eigenvalue weighted by Gasteiger charge is -2.08. The van der Waals surface area contributed by atoms with Crippen molar-refractivity contribution in [3.05, 3.63) is 48.0 Å². The SMILES string of the molecule is CC(=O)/C=C/[C@H](CO)Cc1ccccc1. The number of hydrogen-bond acceptors (Lipinski definition) is 2. The summed E-state index contributed by atoms with van der Waals surface area (Å²) in [5.74, 6) is 0.0396. The van der Waals surface area contributed by atoms with Crippen LogP contribution in [0.25, 0.3) is 0 Å². The molecule has 0 saturated heterocycles. The Bertz CT molecular complexity index is 328. The number of aliphatic hydroxyl groups excluding tert-OH is 1. The summed E-state index contributed by atoms with van der Waals surface area (Å²) in [7, 11) is 0. The van der Waals surface area contributed by atoms with Crippen molar-refractivity contribution in [2.45, 2.75) is 13.3 Å². The van der Waals surface area contributed by atoms with Crippen molar-refractivity contribution < 1.29 is 9.90 Å². The highest BCUT2D eigenvalue weighted by Gasteiger charge is 2.04. The molecule has 0 amide bonds. The van der Waals surface area contributed by atoms with Crippen LogP contribution < -0.4 is 0 Å². The summed E-state index contributed by atoms with van der Waals surface area (Å²) in [5, 5.41) is 9.14. The molecule has 0 aliphatic carbocycles. The van der Waals surface area contributed by atoms with E-state index in [0.29, 0.717) is 0 Å². The average Bonchev–Trinajstić information content (AvgIpc) is 2.25. The number of carbonyl (C=O) groups excluding carboxylic acids is 1. The molecule has 0 heterocycles. The average molecular weight is 204 g/mol. The number of aliphatic hydroxyl groups is 1. The van der Waals surface area contributed by atoms with E-state index in [-0.39, 0.29) is 18.3 Å². The van der Waals surface area contributed by atoms with Crippen LogP contribution in [0.3, 0.4) is 0 Å². The highest BCUT2D eigenvalue weighted by molar-refractivity contribution is 5.87. The van der Waals surface area contributed by atoms with Crippen LogP contribution in [0, 0.1) is 5.92 Å². The molecule has 0 aliphatic heterocycles. The van der Waals surface area contributed by atoms with Gasteiger partial charge in [0.05, 0.1) is 0 Å². The number of rotatable bonds is 5. The van der Waals surface area contributed by atoms with E-state index in [2.05, 4.69) is 0 Å². The quantitative estimate of drug-likeness (QED) is 0.745. The summed E-state index contributed by atoms with van der Waals surface area (Å²) < 4.78 is 0. The Morgan fingerprint density at radius 2 is 2.07 bits per heavy atom. The normalized spacial score (nSPS) is 12.9. The maximum absolute atomic E-state index is 10.7. The minimum atomic E-state index is 0.0153. The highest BCUT2D eigenvalue weighted by Crippen LogP contribution is 2.09. The third-order valence-corrected chi connectivity index (χ3v) is 2.18. The highest BCUT2D eigenvalue weighted by atomic mass is 16.3. The topological polar surface area (TPSA) is 37.3 Å². The Balaban J connectivity index is 2.58. The fraction of sp³-hybridized carbons (Fsp3) is 0.308. The van der Waals surface area contributed by atoms with Gasteiger partial charge < -0.3 is 5.11 Å². The maximum Gasteiger partial charge on any atom is 0.152 e. The lowest BCUT2D eigenvalue weighted by Crippen LogP contribution is -2.06. The molecule has 1 aromatic rings. The van der Waals surface area contributed by atoms with Crippen molar-refractivity contribution in [1.29, 1.82) is 0 Å². The fourth-order valence-electron chi connectivity index (χ4n) is 1.38. The zero-order valence-electron chi connectivity index (χ0n) is 8.89. The predicted molar refractivity (Wildman–Crippen MR) is 60.5 cm³/mol. The first kappa shape index (κ1) is 11.7. The largest absolute Gasteiger partial charge is 0.396 e. The summed E-state index contributed by atoms with van der Waals surface area (Å²) in [6, 6.07) is 9.94. The molecule has 15 heavy (non-hydrogen) atoms. The van der Waals surface area contributed by atoms with E-state index in [0.717, 1.165) is 6.42 Å². The first-order valence-electron chi connectivity index (χ1n) is 5.06. The van der Waals surface area contributed by atoms with Gasteiger partial charge in [-0.1, -0.05) is 36.4 Å². The van der Waals surface area contributed by atoms with Crippen molar-refractivity contribution in [3.8, 4) is 0 Å². The molecule has 0 aromatic heterocycles. The standard InChI is InChI=1S/C13H16O2/c1-11(15)7-8-13(10-14)9-12-5-3-2-4-6-12/h2-8,13-14H,9-10H2,1H3/b8-7+/t13-/m0/s1. The zero-order chi connectivity index (χ0) is 11.1. The molecule has 0 bridgehead atoms. The van der Waals surface area contributed by atoms with Crippen molar-refractivity contribution in [1.82, 2.24) is 0 Å². The van der Waals surface area contributed by atoms with Gasteiger partial charge in [-0.15, -0.1) is 0 Å². The van der Waals surface area contributed by atoms with Crippen LogP contribution >= 0.6 is 0 Å². The van der Waals surface area contributed by atoms with Crippen LogP contribution in [0.15, 0.2) is 42.5 Å². The smallest absolute Gasteiger partial charge is 0.152 e. The van der Waals surface area contributed by atoms with Crippen molar-refractivity contribution in [3.63, 3.8) is 0 Å². The third kappa shape index (κ3) is 4.56. The molecule has 1 rings (SSSR count). The van der Waals surface area contributed by atoms with Gasteiger partial charge in [0.25, 0.3) is 0 Å². The Morgan fingerprint density at radius 1 is 1.40 bits per heavy atom. The molecule has 0 fully saturated rings. The second-order valence-corrected chi connectivity index (χ2v) is 3.60. The van der Waals surface area contributed by atoms with Crippen LogP contribution in [0.2, 0.25) is 0 Å². The number of hydrogen-bond donors (Lipinski definition) is 1. The number of benzene rings is 1. The Kier molecular flexibility index (Phi) is 4.78. The monoisotopic (exact) mass is 204 g/mol. The Labute approximate surface area is 90.3 Å². The summed E-state index contributed by atoms with van der Waals surface area (Å²) >= 11 is 0. The van der Waals surface area contributed by atoms with Crippen LogP contribution in [0.5, 0.6) is 0 Å². The second-order valence-electron chi connectivity index (χ2n) is 3.60. The Morgan fingerprint density at radius 3 is 2.60 bits per heavy atom. The van der Waals surface area contributed by atoms with E-state index in [1.807, 2.05) is 30.3 Å². The van der Waals surface area contributed by atoms with E-state index in [9.17, 15) is 4.79 Å². The molecule has 2 heteroatoms. The summed E-state index contributed by atoms with van der Waals surface area (Å²) in [5.41, 5.74) is 1.17. The number of ketones is 1. The van der Waals surface area contributed by atoms with E-state index in [4.69, 9.17) is 5.11 Å². The van der Waals surface area contributed by atoms with Crippen molar-refractivity contribution in [2.75, 3.05) is 6.61 Å². The molecular weight excluding hydrogens is 188 g/mol. The molecule has 1 N–H and O–H groups in total. The third-order valence-electron chi connectivity index (χ3n) is 2.18. The van der Waals surface area contributed by atoms with Gasteiger partial charge in [-0.3, -0.25) is 4.79 Å². The van der Waals surface area contributed by atoms with E-state index < -0.39 is 0 Å². The first-order chi connectivity index (χ1) is 7.22. The summed E-state index contributed by atoms with van der Waals surface area (Å²) in [4.78, 5) is 10.7. The molecule has 80 valence electrons. The first-order valence-corrected chi connectivity index (χ1v) is 5.06. The summed E-state index contributed by atoms with van der Waals surface area (Å²) in [6.07, 6.45) is 4.06. The van der Waals surface area contributed by atoms with Gasteiger partial charge in [-0.2, -0.15) is 0 Å². The zero-order valence-corrected chi connectivity index (χ0v) is 8.89. The molecule has 2 nitrogen and oxygen atoms in total. The Hall–Kier alpha value is -1.41. The van der Waals surface area contributed by atoms with Gasteiger partial charge in [0.1, 0.15) is 0 Å². The van der Waals surface area contributed by atoms with Crippen molar-refractivity contribution in [2.24, 2.45) is 5.92 Å². The molecule has 0 radical (unpaired) electrons. The van der Waals surface area contributed by atoms with E-state index >= 15 is 0 Å². The molecule has 0 unspecified atom stereocenters. The second kappa shape index (κ2) is 6.14. The van der Waals surface area contributed by atoms with Crippen LogP contribution in [0.4, 0.5) is 0 Å². The fourth-order valence-corrected chi connectivity index (χ4v) is 1.38. The predicted octanol–water partition coefficient (Wildman–Crippen LogP) is 1.98. The van der Waals surface area contributed by atoms with Crippen molar-refractivity contribution >= 4 is 5.78 Å². The van der Waals surface area contributed by atoms with Crippen LogP contribution in [-0.4, -0.2) is 17.5 Å². The lowest BCUT2D eigenvalue weighted by atomic mass is 9.99. The summed E-state index contributed by atoms with van der Waals surface area (Å²) in [6.45, 7) is 1.58. The molecule has 0 aliphatic rings. The van der Waals surface area contributed by atoms with Gasteiger partial charge in [0, 0.05) is 12.5 Å². The van der Waals surface area contributed by atoms with Gasteiger partial charge in [0.2, 0.25) is 0 Å². The van der Waals surface area contributed by atoms with E-state index in [1.54, 1.807) is 6.08 Å². The number of carbonyl (C=O) groups is 1. The molecule has 1 atom stereocenters. The van der Waals surface area contributed by atoms with Crippen LogP contribution in [0.1, 0.15) is 12.5 Å². The van der Waals surface area contributed by atoms with Gasteiger partial charge in [-0.25, -0.2) is 0 Å². The minimum Gasteiger partial charge on any atom is -0.396 e. The molecular formula is C13H16O2. The van der Waals surface area contributed by atoms with Gasteiger partial charge in [0.15, 0.2) is 5.78 Å². The molecule has 0 saturated carbocycles. The number of allylic oxidation sites excluding steroid dienone is 1. The van der Waals surface area contributed by atoms with Gasteiger partial charge >= 0.3 is 0 Å². The molecule has 0 spiro atoms. The lowest BCUT2D eigenvalue weighted by molar-refractivity contribution is -0.112. The minimum absolute atomic E-state index is 0.0153. The maximum atomic E-state index is 10.7.